The van der Waals surface area contributed by atoms with E-state index in [0.29, 0.717) is 50.3 Å². The first-order valence-corrected chi connectivity index (χ1v) is 40.2. The van der Waals surface area contributed by atoms with Crippen molar-refractivity contribution in [3.05, 3.63) is 259 Å². The second-order valence-electron chi connectivity index (χ2n) is 33.1. The number of aliphatic hydroxyl groups is 4. The fraction of sp³-hybridized carbons (Fsp3) is 0.429. The Morgan fingerprint density at radius 1 is 0.407 bits per heavy atom. The molecule has 4 aromatic carbocycles. The molecule has 17 heteroatoms. The molecule has 8 atom stereocenters. The second-order valence-corrected chi connectivity index (χ2v) is 33.5. The minimum atomic E-state index is -0.986. The Balaban J connectivity index is 0.000000105. The molecule has 20 rings (SSSR count). The molecule has 0 aliphatic carbocycles. The van der Waals surface area contributed by atoms with E-state index in [0.717, 1.165) is 84.8 Å². The number of fused-ring (bicyclic) bond motifs is 20. The molecule has 8 aliphatic heterocycles. The van der Waals surface area contributed by atoms with Gasteiger partial charge in [-0.05, 0) is 227 Å². The fourth-order valence-electron chi connectivity index (χ4n) is 20.2. The molecule has 0 radical (unpaired) electrons. The summed E-state index contributed by atoms with van der Waals surface area (Å²) in [6.07, 6.45) is 26.1. The average molecular weight is 1470 g/mol. The monoisotopic (exact) mass is 1460 g/mol. The molecule has 0 saturated carbocycles. The Kier molecular flexibility index (Phi) is 19.8. The lowest BCUT2D eigenvalue weighted by Crippen LogP contribution is -2.33. The van der Waals surface area contributed by atoms with E-state index in [9.17, 15) is 20.4 Å². The third-order valence-corrected chi connectivity index (χ3v) is 25.8. The van der Waals surface area contributed by atoms with Crippen LogP contribution >= 0.6 is 11.6 Å². The number of aliphatic hydroxyl groups excluding tert-OH is 1. The molecule has 0 bridgehead atoms. The molecule has 0 spiro atoms. The Bertz CT molecular complexity index is 5110. The molecule has 16 nitrogen and oxygen atoms in total. The lowest BCUT2D eigenvalue weighted by atomic mass is 9.95. The molecule has 8 aromatic heterocycles. The number of pyridine rings is 4. The molecular formula is C91H105ClN12O4. The summed E-state index contributed by atoms with van der Waals surface area (Å²) in [7, 11) is 0. The van der Waals surface area contributed by atoms with Crippen molar-refractivity contribution in [2.45, 2.75) is 199 Å². The number of hydrogen-bond acceptors (Lipinski definition) is 12. The Hall–Kier alpha value is -8.39. The van der Waals surface area contributed by atoms with Crippen LogP contribution in [-0.4, -0.2) is 131 Å². The summed E-state index contributed by atoms with van der Waals surface area (Å²) in [4.78, 5) is 27.5. The van der Waals surface area contributed by atoms with Gasteiger partial charge < -0.3 is 38.7 Å². The highest BCUT2D eigenvalue weighted by atomic mass is 35.5. The maximum atomic E-state index is 11.4. The topological polar surface area (TPSA) is 165 Å². The van der Waals surface area contributed by atoms with Gasteiger partial charge in [-0.2, -0.15) is 0 Å². The third kappa shape index (κ3) is 13.6. The first-order chi connectivity index (χ1) is 52.2. The van der Waals surface area contributed by atoms with Gasteiger partial charge in [0.1, 0.15) is 16.8 Å². The normalized spacial score (nSPS) is 21.5. The summed E-state index contributed by atoms with van der Waals surface area (Å²) in [6.45, 7) is 25.7. The highest BCUT2D eigenvalue weighted by molar-refractivity contribution is 6.31. The van der Waals surface area contributed by atoms with E-state index in [-0.39, 0.29) is 0 Å². The SMILES string of the molecule is CC(O)(Cn1c2c(c3cc(Cl)ccc31)C1CCCN1CC2)c1cccnc1.Cc1ccc2c(c1)c1c(n2CC(C)(O)c2ccc(C)nc2)CCN2CCCC12.Cc1ccc2c(c1)c1c(n2CC(C)(O)c2cccnc2)CCN2CCCC12.Cc1ccc2c(c1)c1c(n2CC(O)c2cccnc2)CCN2CCCC12. The van der Waals surface area contributed by atoms with Crippen LogP contribution in [0.1, 0.15) is 192 Å². The zero-order chi connectivity index (χ0) is 74.3. The number of hydrogen-bond donors (Lipinski definition) is 4. The van der Waals surface area contributed by atoms with Crippen molar-refractivity contribution in [2.75, 3.05) is 52.4 Å². The van der Waals surface area contributed by atoms with Crippen molar-refractivity contribution >= 4 is 55.2 Å². The fourth-order valence-corrected chi connectivity index (χ4v) is 20.4. The molecule has 560 valence electrons. The van der Waals surface area contributed by atoms with Crippen LogP contribution in [0.2, 0.25) is 5.02 Å². The van der Waals surface area contributed by atoms with Gasteiger partial charge in [-0.15, -0.1) is 0 Å². The predicted molar refractivity (Wildman–Crippen MR) is 431 cm³/mol. The summed E-state index contributed by atoms with van der Waals surface area (Å²) in [6, 6.07) is 44.1. The van der Waals surface area contributed by atoms with Crippen LogP contribution in [0, 0.1) is 27.7 Å². The summed E-state index contributed by atoms with van der Waals surface area (Å²) >= 11 is 6.36. The van der Waals surface area contributed by atoms with E-state index >= 15 is 0 Å². The van der Waals surface area contributed by atoms with Crippen molar-refractivity contribution in [3.8, 4) is 0 Å². The van der Waals surface area contributed by atoms with Crippen molar-refractivity contribution in [1.82, 2.24) is 57.8 Å². The number of rotatable bonds is 12. The van der Waals surface area contributed by atoms with E-state index < -0.39 is 22.9 Å². The molecule has 8 aliphatic rings. The minimum Gasteiger partial charge on any atom is -0.386 e. The van der Waals surface area contributed by atoms with Gasteiger partial charge in [-0.3, -0.25) is 39.5 Å². The number of benzene rings is 4. The molecule has 108 heavy (non-hydrogen) atoms. The number of aromatic nitrogens is 8. The van der Waals surface area contributed by atoms with E-state index in [4.69, 9.17) is 11.6 Å². The van der Waals surface area contributed by atoms with Crippen LogP contribution < -0.4 is 0 Å². The van der Waals surface area contributed by atoms with E-state index in [1.807, 2.05) is 88.5 Å². The summed E-state index contributed by atoms with van der Waals surface area (Å²) in [5.41, 5.74) is 22.0. The van der Waals surface area contributed by atoms with Crippen molar-refractivity contribution in [2.24, 2.45) is 0 Å². The largest absolute Gasteiger partial charge is 0.386 e. The van der Waals surface area contributed by atoms with Crippen LogP contribution in [0.15, 0.2) is 165 Å². The molecule has 12 aromatic rings. The lowest BCUT2D eigenvalue weighted by Gasteiger charge is -2.32. The van der Waals surface area contributed by atoms with Gasteiger partial charge in [-0.1, -0.05) is 70.8 Å². The number of halogens is 1. The molecular weight excluding hydrogens is 1360 g/mol. The predicted octanol–water partition coefficient (Wildman–Crippen LogP) is 16.3. The van der Waals surface area contributed by atoms with Crippen LogP contribution in [-0.2, 0) is 68.7 Å². The lowest BCUT2D eigenvalue weighted by molar-refractivity contribution is 0.0376. The summed E-state index contributed by atoms with van der Waals surface area (Å²) < 4.78 is 9.47. The molecule has 4 fully saturated rings. The van der Waals surface area contributed by atoms with Gasteiger partial charge in [0.25, 0.3) is 0 Å². The third-order valence-electron chi connectivity index (χ3n) is 25.5. The molecule has 0 amide bonds. The van der Waals surface area contributed by atoms with Crippen LogP contribution in [0.3, 0.4) is 0 Å². The molecule has 16 heterocycles. The zero-order valence-corrected chi connectivity index (χ0v) is 64.7. The maximum Gasteiger partial charge on any atom is 0.106 e. The van der Waals surface area contributed by atoms with E-state index in [1.165, 1.54) is 183 Å². The number of nitrogens with zero attached hydrogens (tertiary/aromatic N) is 12. The first kappa shape index (κ1) is 72.5. The van der Waals surface area contributed by atoms with Crippen LogP contribution in [0.4, 0.5) is 0 Å². The van der Waals surface area contributed by atoms with Crippen LogP contribution in [0.25, 0.3) is 43.6 Å². The smallest absolute Gasteiger partial charge is 0.106 e. The molecule has 4 saturated heterocycles. The maximum absolute atomic E-state index is 11.4. The standard InChI is InChI=1S/C24H29N3O.C23H27N3O.C22H24ClN3O.C22H25N3O/c1-16-6-9-20-19(13-16)23-21-5-4-11-26(21)12-10-22(23)27(20)15-24(3,28)18-8-7-17(2)25-14-18;1-16-7-8-19-18(13-16)22-20-6-4-11-25(20)12-9-21(22)26(19)15-23(2,27)17-5-3-10-24-14-17;1-22(27,15-4-2-9-24-13-15)14-26-18-7-6-16(23)12-17(18)21-19-5-3-10-25(19)11-8-20(21)26;1-15-6-7-18-17(12-15)22-19-5-3-10-24(19)11-8-20(22)25(18)14-21(26)16-4-2-9-23-13-16/h6-9,13-14,21,28H,4-5,10-12,15H2,1-3H3;3,5,7-8,10,13-14,20,27H,4,6,9,11-12,15H2,1-2H3;2,4,6-7,9,12-13,19,27H,3,5,8,10-11,14H2,1H3;2,4,6-7,9,12-13,19,21,26H,3,5,8,10-11,14H2,1H3. The summed E-state index contributed by atoms with van der Waals surface area (Å²) in [5, 5.41) is 50.9. The molecule has 4 N–H and O–H groups in total. The quantitative estimate of drug-likeness (QED) is 0.0916. The highest BCUT2D eigenvalue weighted by Crippen LogP contribution is 2.49. The van der Waals surface area contributed by atoms with E-state index in [1.54, 1.807) is 37.2 Å². The van der Waals surface area contributed by atoms with Gasteiger partial charge >= 0.3 is 0 Å². The zero-order valence-electron chi connectivity index (χ0n) is 64.0. The van der Waals surface area contributed by atoms with Gasteiger partial charge in [-0.25, -0.2) is 0 Å². The Labute approximate surface area is 640 Å². The van der Waals surface area contributed by atoms with Gasteiger partial charge in [0, 0.05) is 219 Å². The Morgan fingerprint density at radius 3 is 1.12 bits per heavy atom. The van der Waals surface area contributed by atoms with E-state index in [2.05, 4.69) is 145 Å². The van der Waals surface area contributed by atoms with Crippen LogP contribution in [0.5, 0.6) is 0 Å². The minimum absolute atomic E-state index is 0.485. The van der Waals surface area contributed by atoms with Gasteiger partial charge in [0.05, 0.1) is 32.3 Å². The second kappa shape index (κ2) is 29.5. The number of aryl methyl sites for hydroxylation is 4. The van der Waals surface area contributed by atoms with Gasteiger partial charge in [0.2, 0.25) is 0 Å². The van der Waals surface area contributed by atoms with Gasteiger partial charge in [0.15, 0.2) is 0 Å². The first-order valence-electron chi connectivity index (χ1n) is 39.9. The van der Waals surface area contributed by atoms with Crippen molar-refractivity contribution in [1.29, 1.82) is 0 Å². The highest BCUT2D eigenvalue weighted by Gasteiger charge is 2.42. The van der Waals surface area contributed by atoms with Crippen molar-refractivity contribution < 1.29 is 20.4 Å². The average Bonchev–Trinajstić information content (AvgIpc) is 1.60. The molecule has 8 unspecified atom stereocenters. The summed E-state index contributed by atoms with van der Waals surface area (Å²) in [5.74, 6) is 0. The van der Waals surface area contributed by atoms with Crippen molar-refractivity contribution in [3.63, 3.8) is 0 Å². The Morgan fingerprint density at radius 2 is 0.759 bits per heavy atom.